The molecule has 1 atom stereocenters. The molecule has 1 aliphatic rings. The number of rotatable bonds is 4. The fourth-order valence-corrected chi connectivity index (χ4v) is 2.97. The number of nitrogens with two attached hydrogens (primary N) is 1. The predicted octanol–water partition coefficient (Wildman–Crippen LogP) is 1.37. The van der Waals surface area contributed by atoms with Crippen LogP contribution in [0.1, 0.15) is 16.5 Å². The molecule has 0 fully saturated rings. The molecule has 88 valence electrons. The Balaban J connectivity index is 2.13. The van der Waals surface area contributed by atoms with Crippen LogP contribution < -0.4 is 5.73 Å². The molecule has 1 aromatic heterocycles. The molecule has 1 unspecified atom stereocenters. The molecule has 2 heterocycles. The van der Waals surface area contributed by atoms with Crippen molar-refractivity contribution in [2.75, 3.05) is 26.8 Å². The molecule has 0 saturated heterocycles. The average Bonchev–Trinajstić information content (AvgIpc) is 2.82. The summed E-state index contributed by atoms with van der Waals surface area (Å²) in [5.74, 6) is 0.634. The number of thiophene rings is 1. The Morgan fingerprint density at radius 1 is 1.69 bits per heavy atom. The summed E-state index contributed by atoms with van der Waals surface area (Å²) < 4.78 is 5.10. The van der Waals surface area contributed by atoms with E-state index in [-0.39, 0.29) is 0 Å². The molecular weight excluding hydrogens is 222 g/mol. The highest BCUT2D eigenvalue weighted by Crippen LogP contribution is 2.31. The van der Waals surface area contributed by atoms with Crippen LogP contribution in [0.15, 0.2) is 16.4 Å². The van der Waals surface area contributed by atoms with Crippen LogP contribution in [0.5, 0.6) is 0 Å². The minimum absolute atomic E-state index is 0.301. The summed E-state index contributed by atoms with van der Waals surface area (Å²) in [6, 6.07) is 2.44. The first-order chi connectivity index (χ1) is 7.74. The third-order valence-corrected chi connectivity index (χ3v) is 3.96. The van der Waals surface area contributed by atoms with Crippen molar-refractivity contribution in [1.82, 2.24) is 4.90 Å². The molecule has 0 amide bonds. The number of hydrogen-bond acceptors (Lipinski definition) is 5. The van der Waals surface area contributed by atoms with E-state index in [1.54, 1.807) is 18.4 Å². The average molecular weight is 239 g/mol. The van der Waals surface area contributed by atoms with Gasteiger partial charge in [0.2, 0.25) is 0 Å². The first kappa shape index (κ1) is 11.4. The molecule has 16 heavy (non-hydrogen) atoms. The third-order valence-electron chi connectivity index (χ3n) is 2.84. The topological polar surface area (TPSA) is 50.9 Å². The highest BCUT2D eigenvalue weighted by atomic mass is 32.1. The predicted molar refractivity (Wildman–Crippen MR) is 66.9 cm³/mol. The number of aliphatic imine (C=N–C) groups is 1. The summed E-state index contributed by atoms with van der Waals surface area (Å²) >= 11 is 1.77. The fourth-order valence-electron chi connectivity index (χ4n) is 1.94. The standard InChI is InChI=1S/C11H17N3OS/c1-8-3-6-16-10(8)9-7-13-11(12)14(9)4-5-15-2/h3,6,9H,4-5,7H2,1-2H3,(H2,12,13). The molecule has 2 rings (SSSR count). The van der Waals surface area contributed by atoms with Crippen molar-refractivity contribution in [3.63, 3.8) is 0 Å². The summed E-state index contributed by atoms with van der Waals surface area (Å²) in [5, 5.41) is 2.12. The van der Waals surface area contributed by atoms with E-state index in [0.717, 1.165) is 13.1 Å². The second kappa shape index (κ2) is 4.84. The quantitative estimate of drug-likeness (QED) is 0.863. The molecule has 0 spiro atoms. The van der Waals surface area contributed by atoms with Gasteiger partial charge in [-0.05, 0) is 23.9 Å². The summed E-state index contributed by atoms with van der Waals surface area (Å²) in [5.41, 5.74) is 7.21. The van der Waals surface area contributed by atoms with E-state index < -0.39 is 0 Å². The van der Waals surface area contributed by atoms with Gasteiger partial charge < -0.3 is 15.4 Å². The van der Waals surface area contributed by atoms with Gasteiger partial charge in [0.25, 0.3) is 0 Å². The molecule has 0 aliphatic carbocycles. The van der Waals surface area contributed by atoms with Crippen molar-refractivity contribution in [2.24, 2.45) is 10.7 Å². The monoisotopic (exact) mass is 239 g/mol. The number of methoxy groups -OCH3 is 1. The van der Waals surface area contributed by atoms with E-state index in [0.29, 0.717) is 18.6 Å². The Bertz CT molecular complexity index is 388. The van der Waals surface area contributed by atoms with Gasteiger partial charge in [0.1, 0.15) is 0 Å². The molecule has 0 bridgehead atoms. The number of guanidine groups is 1. The Hall–Kier alpha value is -1.07. The molecule has 4 nitrogen and oxygen atoms in total. The molecule has 1 aromatic rings. The lowest BCUT2D eigenvalue weighted by Gasteiger charge is -2.25. The Morgan fingerprint density at radius 3 is 3.12 bits per heavy atom. The van der Waals surface area contributed by atoms with Gasteiger partial charge in [-0.3, -0.25) is 4.99 Å². The van der Waals surface area contributed by atoms with Gasteiger partial charge in [-0.1, -0.05) is 0 Å². The van der Waals surface area contributed by atoms with Crippen molar-refractivity contribution < 1.29 is 4.74 Å². The number of nitrogens with zero attached hydrogens (tertiary/aromatic N) is 2. The van der Waals surface area contributed by atoms with Gasteiger partial charge in [0.05, 0.1) is 19.2 Å². The maximum Gasteiger partial charge on any atom is 0.192 e. The zero-order valence-corrected chi connectivity index (χ0v) is 10.5. The first-order valence-electron chi connectivity index (χ1n) is 5.33. The van der Waals surface area contributed by atoms with Crippen LogP contribution in [0.25, 0.3) is 0 Å². The normalized spacial score (nSPS) is 20.2. The minimum Gasteiger partial charge on any atom is -0.383 e. The molecule has 1 aliphatic heterocycles. The SMILES string of the molecule is COCCN1C(N)=NCC1c1sccc1C. The third kappa shape index (κ3) is 2.05. The number of hydrogen-bond donors (Lipinski definition) is 1. The molecule has 0 radical (unpaired) electrons. The van der Waals surface area contributed by atoms with Gasteiger partial charge >= 0.3 is 0 Å². The first-order valence-corrected chi connectivity index (χ1v) is 6.21. The van der Waals surface area contributed by atoms with E-state index in [9.17, 15) is 0 Å². The van der Waals surface area contributed by atoms with Crippen molar-refractivity contribution in [3.8, 4) is 0 Å². The van der Waals surface area contributed by atoms with Gasteiger partial charge in [-0.25, -0.2) is 0 Å². The molecule has 5 heteroatoms. The summed E-state index contributed by atoms with van der Waals surface area (Å²) in [6.45, 7) is 4.37. The Kier molecular flexibility index (Phi) is 3.46. The lowest BCUT2D eigenvalue weighted by Crippen LogP contribution is -2.38. The number of ether oxygens (including phenoxy) is 1. The summed E-state index contributed by atoms with van der Waals surface area (Å²) in [7, 11) is 1.70. The van der Waals surface area contributed by atoms with Crippen LogP contribution in [0.3, 0.4) is 0 Å². The maximum absolute atomic E-state index is 5.89. The Morgan fingerprint density at radius 2 is 2.50 bits per heavy atom. The fraction of sp³-hybridized carbons (Fsp3) is 0.545. The molecular formula is C11H17N3OS. The van der Waals surface area contributed by atoms with Crippen molar-refractivity contribution in [1.29, 1.82) is 0 Å². The van der Waals surface area contributed by atoms with Crippen LogP contribution in [0.2, 0.25) is 0 Å². The van der Waals surface area contributed by atoms with E-state index in [1.165, 1.54) is 10.4 Å². The van der Waals surface area contributed by atoms with Crippen LogP contribution in [-0.4, -0.2) is 37.7 Å². The number of aryl methyl sites for hydroxylation is 1. The van der Waals surface area contributed by atoms with Crippen molar-refractivity contribution in [2.45, 2.75) is 13.0 Å². The molecule has 2 N–H and O–H groups in total. The second-order valence-electron chi connectivity index (χ2n) is 3.87. The van der Waals surface area contributed by atoms with Gasteiger partial charge in [0, 0.05) is 18.5 Å². The Labute approximate surface area is 99.7 Å². The van der Waals surface area contributed by atoms with Crippen LogP contribution in [-0.2, 0) is 4.74 Å². The summed E-state index contributed by atoms with van der Waals surface area (Å²) in [6.07, 6.45) is 0. The zero-order valence-electron chi connectivity index (χ0n) is 9.64. The second-order valence-corrected chi connectivity index (χ2v) is 4.82. The highest BCUT2D eigenvalue weighted by molar-refractivity contribution is 7.10. The van der Waals surface area contributed by atoms with Gasteiger partial charge in [-0.15, -0.1) is 11.3 Å². The van der Waals surface area contributed by atoms with Crippen LogP contribution >= 0.6 is 11.3 Å². The summed E-state index contributed by atoms with van der Waals surface area (Å²) in [4.78, 5) is 7.81. The van der Waals surface area contributed by atoms with E-state index in [2.05, 4.69) is 28.3 Å². The lowest BCUT2D eigenvalue weighted by molar-refractivity contribution is 0.167. The zero-order chi connectivity index (χ0) is 11.5. The lowest BCUT2D eigenvalue weighted by atomic mass is 10.1. The molecule has 0 aromatic carbocycles. The van der Waals surface area contributed by atoms with Crippen LogP contribution in [0.4, 0.5) is 0 Å². The van der Waals surface area contributed by atoms with Crippen LogP contribution in [0, 0.1) is 6.92 Å². The minimum atomic E-state index is 0.301. The van der Waals surface area contributed by atoms with E-state index in [1.807, 2.05) is 0 Å². The molecule has 0 saturated carbocycles. The van der Waals surface area contributed by atoms with E-state index >= 15 is 0 Å². The largest absolute Gasteiger partial charge is 0.383 e. The van der Waals surface area contributed by atoms with E-state index in [4.69, 9.17) is 10.5 Å². The smallest absolute Gasteiger partial charge is 0.192 e. The highest BCUT2D eigenvalue weighted by Gasteiger charge is 2.28. The van der Waals surface area contributed by atoms with Gasteiger partial charge in [0.15, 0.2) is 5.96 Å². The maximum atomic E-state index is 5.89. The van der Waals surface area contributed by atoms with Crippen molar-refractivity contribution in [3.05, 3.63) is 21.9 Å². The van der Waals surface area contributed by atoms with Crippen molar-refractivity contribution >= 4 is 17.3 Å². The van der Waals surface area contributed by atoms with Gasteiger partial charge in [-0.2, -0.15) is 0 Å².